The number of hydrogen-bond acceptors (Lipinski definition) is 5. The normalized spacial score (nSPS) is 12.3. The average molecular weight is 289 g/mol. The fourth-order valence-corrected chi connectivity index (χ4v) is 2.18. The van der Waals surface area contributed by atoms with Crippen LogP contribution in [0.25, 0.3) is 0 Å². The van der Waals surface area contributed by atoms with E-state index < -0.39 is 0 Å². The molecule has 0 saturated heterocycles. The molecule has 1 unspecified atom stereocenters. The van der Waals surface area contributed by atoms with Crippen LogP contribution >= 0.6 is 0 Å². The van der Waals surface area contributed by atoms with Crippen LogP contribution in [0.1, 0.15) is 50.6 Å². The van der Waals surface area contributed by atoms with Gasteiger partial charge in [-0.2, -0.15) is 0 Å². The fraction of sp³-hybridized carbons (Fsp3) is 0.500. The summed E-state index contributed by atoms with van der Waals surface area (Å²) in [4.78, 5) is 0. The van der Waals surface area contributed by atoms with Crippen LogP contribution in [-0.2, 0) is 13.0 Å². The van der Waals surface area contributed by atoms with E-state index in [0.29, 0.717) is 24.4 Å². The van der Waals surface area contributed by atoms with Gasteiger partial charge in [0, 0.05) is 12.5 Å². The molecule has 0 amide bonds. The van der Waals surface area contributed by atoms with Gasteiger partial charge in [0.2, 0.25) is 5.89 Å². The molecule has 0 spiro atoms. The molecule has 1 aromatic heterocycles. The second-order valence-corrected chi connectivity index (χ2v) is 4.82. The predicted molar refractivity (Wildman–Crippen MR) is 81.2 cm³/mol. The van der Waals surface area contributed by atoms with Crippen molar-refractivity contribution in [2.45, 2.75) is 46.3 Å². The van der Waals surface area contributed by atoms with Gasteiger partial charge in [-0.3, -0.25) is 0 Å². The Hall–Kier alpha value is -1.88. The van der Waals surface area contributed by atoms with Crippen molar-refractivity contribution in [3.05, 3.63) is 41.6 Å². The van der Waals surface area contributed by atoms with E-state index in [-0.39, 0.29) is 0 Å². The van der Waals surface area contributed by atoms with Gasteiger partial charge < -0.3 is 14.5 Å². The molecule has 0 bridgehead atoms. The first-order valence-corrected chi connectivity index (χ1v) is 7.54. The summed E-state index contributed by atoms with van der Waals surface area (Å²) < 4.78 is 11.1. The monoisotopic (exact) mass is 289 g/mol. The van der Waals surface area contributed by atoms with E-state index >= 15 is 0 Å². The van der Waals surface area contributed by atoms with Gasteiger partial charge in [0.15, 0.2) is 6.61 Å². The van der Waals surface area contributed by atoms with Crippen LogP contribution in [0.15, 0.2) is 28.7 Å². The molecule has 0 aliphatic carbocycles. The van der Waals surface area contributed by atoms with Crippen molar-refractivity contribution in [2.75, 3.05) is 6.54 Å². The van der Waals surface area contributed by atoms with Crippen LogP contribution in [0, 0.1) is 0 Å². The summed E-state index contributed by atoms with van der Waals surface area (Å²) in [6, 6.07) is 8.54. The third kappa shape index (κ3) is 4.29. The zero-order valence-electron chi connectivity index (χ0n) is 12.9. The van der Waals surface area contributed by atoms with E-state index in [0.717, 1.165) is 25.1 Å². The maximum absolute atomic E-state index is 5.66. The van der Waals surface area contributed by atoms with Gasteiger partial charge in [0.1, 0.15) is 5.75 Å². The van der Waals surface area contributed by atoms with Gasteiger partial charge in [0.25, 0.3) is 5.89 Å². The Morgan fingerprint density at radius 1 is 1.10 bits per heavy atom. The van der Waals surface area contributed by atoms with Crippen LogP contribution in [0.5, 0.6) is 5.75 Å². The largest absolute Gasteiger partial charge is 0.484 e. The van der Waals surface area contributed by atoms with Gasteiger partial charge in [-0.15, -0.1) is 10.2 Å². The van der Waals surface area contributed by atoms with Crippen molar-refractivity contribution in [3.8, 4) is 5.75 Å². The Kier molecular flexibility index (Phi) is 5.75. The lowest BCUT2D eigenvalue weighted by atomic mass is 10.0. The van der Waals surface area contributed by atoms with E-state index in [1.807, 2.05) is 19.1 Å². The quantitative estimate of drug-likeness (QED) is 0.808. The standard InChI is InChI=1S/C16H23N3O2/c1-4-14(17-6-3)12-7-9-13(10-8-12)20-11-16-19-18-15(5-2)21-16/h7-10,14,17H,4-6,11H2,1-3H3. The summed E-state index contributed by atoms with van der Waals surface area (Å²) in [7, 11) is 0. The summed E-state index contributed by atoms with van der Waals surface area (Å²) >= 11 is 0. The highest BCUT2D eigenvalue weighted by atomic mass is 16.5. The van der Waals surface area contributed by atoms with Crippen LogP contribution in [-0.4, -0.2) is 16.7 Å². The first kappa shape index (κ1) is 15.5. The molecule has 2 aromatic rings. The molecule has 0 saturated carbocycles. The molecule has 0 radical (unpaired) electrons. The second-order valence-electron chi connectivity index (χ2n) is 4.82. The fourth-order valence-electron chi connectivity index (χ4n) is 2.18. The lowest BCUT2D eigenvalue weighted by molar-refractivity contribution is 0.259. The van der Waals surface area contributed by atoms with Crippen molar-refractivity contribution in [3.63, 3.8) is 0 Å². The highest BCUT2D eigenvalue weighted by Crippen LogP contribution is 2.20. The van der Waals surface area contributed by atoms with Gasteiger partial charge >= 0.3 is 0 Å². The molecule has 1 aromatic carbocycles. The minimum absolute atomic E-state index is 0.302. The Balaban J connectivity index is 1.92. The highest BCUT2D eigenvalue weighted by molar-refractivity contribution is 5.29. The number of hydrogen-bond donors (Lipinski definition) is 1. The molecule has 114 valence electrons. The van der Waals surface area contributed by atoms with E-state index in [1.165, 1.54) is 5.56 Å². The first-order chi connectivity index (χ1) is 10.3. The van der Waals surface area contributed by atoms with Crippen molar-refractivity contribution in [2.24, 2.45) is 0 Å². The minimum atomic E-state index is 0.302. The maximum Gasteiger partial charge on any atom is 0.253 e. The molecule has 1 heterocycles. The smallest absolute Gasteiger partial charge is 0.253 e. The second kappa shape index (κ2) is 7.78. The molecule has 21 heavy (non-hydrogen) atoms. The first-order valence-electron chi connectivity index (χ1n) is 7.54. The number of aryl methyl sites for hydroxylation is 1. The van der Waals surface area contributed by atoms with Gasteiger partial charge in [-0.1, -0.05) is 32.9 Å². The van der Waals surface area contributed by atoms with Crippen molar-refractivity contribution < 1.29 is 9.15 Å². The molecule has 0 aliphatic heterocycles. The van der Waals surface area contributed by atoms with Crippen molar-refractivity contribution in [1.29, 1.82) is 0 Å². The lowest BCUT2D eigenvalue weighted by Gasteiger charge is -2.16. The lowest BCUT2D eigenvalue weighted by Crippen LogP contribution is -2.19. The number of nitrogens with zero attached hydrogens (tertiary/aromatic N) is 2. The SMILES string of the molecule is CCNC(CC)c1ccc(OCc2nnc(CC)o2)cc1. The van der Waals surface area contributed by atoms with E-state index in [2.05, 4.69) is 41.5 Å². The highest BCUT2D eigenvalue weighted by Gasteiger charge is 2.08. The number of benzene rings is 1. The molecule has 1 N–H and O–H groups in total. The van der Waals surface area contributed by atoms with Gasteiger partial charge in [-0.25, -0.2) is 0 Å². The van der Waals surface area contributed by atoms with E-state index in [9.17, 15) is 0 Å². The molecule has 5 heteroatoms. The van der Waals surface area contributed by atoms with Crippen LogP contribution < -0.4 is 10.1 Å². The Labute approximate surface area is 125 Å². The zero-order chi connectivity index (χ0) is 15.1. The summed E-state index contributed by atoms with van der Waals surface area (Å²) in [5, 5.41) is 11.3. The van der Waals surface area contributed by atoms with E-state index in [1.54, 1.807) is 0 Å². The van der Waals surface area contributed by atoms with Crippen molar-refractivity contribution >= 4 is 0 Å². The van der Waals surface area contributed by atoms with Crippen LogP contribution in [0.2, 0.25) is 0 Å². The molecule has 0 aliphatic rings. The third-order valence-electron chi connectivity index (χ3n) is 3.31. The molecule has 0 fully saturated rings. The molecule has 5 nitrogen and oxygen atoms in total. The molecular formula is C16H23N3O2. The third-order valence-corrected chi connectivity index (χ3v) is 3.31. The number of aromatic nitrogens is 2. The Morgan fingerprint density at radius 3 is 2.38 bits per heavy atom. The van der Waals surface area contributed by atoms with Gasteiger partial charge in [-0.05, 0) is 30.7 Å². The summed E-state index contributed by atoms with van der Waals surface area (Å²) in [5.74, 6) is 1.96. The minimum Gasteiger partial charge on any atom is -0.484 e. The Bertz CT molecular complexity index is 537. The summed E-state index contributed by atoms with van der Waals surface area (Å²) in [5.41, 5.74) is 1.28. The number of rotatable bonds is 8. The van der Waals surface area contributed by atoms with Gasteiger partial charge in [0.05, 0.1) is 0 Å². The topological polar surface area (TPSA) is 60.2 Å². The van der Waals surface area contributed by atoms with Crippen molar-refractivity contribution in [1.82, 2.24) is 15.5 Å². The summed E-state index contributed by atoms with van der Waals surface area (Å²) in [6.45, 7) is 7.55. The number of nitrogens with one attached hydrogen (secondary N) is 1. The molecular weight excluding hydrogens is 266 g/mol. The van der Waals surface area contributed by atoms with E-state index in [4.69, 9.17) is 9.15 Å². The summed E-state index contributed by atoms with van der Waals surface area (Å²) in [6.07, 6.45) is 1.81. The van der Waals surface area contributed by atoms with Crippen LogP contribution in [0.3, 0.4) is 0 Å². The number of ether oxygens (including phenoxy) is 1. The average Bonchev–Trinajstić information content (AvgIpc) is 2.99. The zero-order valence-corrected chi connectivity index (χ0v) is 12.9. The molecule has 2 rings (SSSR count). The molecule has 1 atom stereocenters. The van der Waals surface area contributed by atoms with Crippen LogP contribution in [0.4, 0.5) is 0 Å². The Morgan fingerprint density at radius 2 is 1.81 bits per heavy atom. The predicted octanol–water partition coefficient (Wildman–Crippen LogP) is 3.27. The maximum atomic E-state index is 5.66.